The van der Waals surface area contributed by atoms with Crippen LogP contribution < -0.4 is 14.8 Å². The monoisotopic (exact) mass is 301 g/mol. The first-order valence-corrected chi connectivity index (χ1v) is 8.00. The normalized spacial score (nSPS) is 18.5. The van der Waals surface area contributed by atoms with E-state index in [1.54, 1.807) is 7.11 Å². The quantitative estimate of drug-likeness (QED) is 0.936. The molecule has 0 saturated heterocycles. The van der Waals surface area contributed by atoms with Crippen molar-refractivity contribution in [1.82, 2.24) is 5.32 Å². The average Bonchev–Trinajstić information content (AvgIpc) is 2.56. The minimum atomic E-state index is 0.114. The number of hydrogen-bond donors (Lipinski definition) is 1. The second kappa shape index (κ2) is 6.41. The van der Waals surface area contributed by atoms with Gasteiger partial charge in [-0.05, 0) is 36.9 Å². The molecular formula is C17H19NO2S. The molecule has 110 valence electrons. The fourth-order valence-corrected chi connectivity index (χ4v) is 3.62. The predicted octanol–water partition coefficient (Wildman–Crippen LogP) is 3.51. The Morgan fingerprint density at radius 2 is 1.95 bits per heavy atom. The summed E-state index contributed by atoms with van der Waals surface area (Å²) in [4.78, 5) is 1.22. The molecule has 1 N–H and O–H groups in total. The third-order valence-corrected chi connectivity index (χ3v) is 4.83. The third-order valence-electron chi connectivity index (χ3n) is 3.69. The molecule has 1 aliphatic rings. The van der Waals surface area contributed by atoms with Crippen LogP contribution in [0.4, 0.5) is 0 Å². The molecule has 2 aromatic carbocycles. The van der Waals surface area contributed by atoms with E-state index in [-0.39, 0.29) is 12.1 Å². The summed E-state index contributed by atoms with van der Waals surface area (Å²) in [6.07, 6.45) is 0.114. The zero-order chi connectivity index (χ0) is 14.7. The van der Waals surface area contributed by atoms with Gasteiger partial charge in [-0.1, -0.05) is 24.3 Å². The number of nitrogens with one attached hydrogen (secondary N) is 1. The van der Waals surface area contributed by atoms with E-state index in [1.807, 2.05) is 43.1 Å². The summed E-state index contributed by atoms with van der Waals surface area (Å²) in [5, 5.41) is 3.38. The first-order chi connectivity index (χ1) is 10.3. The molecule has 3 rings (SSSR count). The predicted molar refractivity (Wildman–Crippen MR) is 86.4 cm³/mol. The molecule has 0 aromatic heterocycles. The maximum absolute atomic E-state index is 6.18. The highest BCUT2D eigenvalue weighted by molar-refractivity contribution is 7.99. The largest absolute Gasteiger partial charge is 0.497 e. The Kier molecular flexibility index (Phi) is 4.36. The fraction of sp³-hybridized carbons (Fsp3) is 0.294. The molecule has 1 heterocycles. The van der Waals surface area contributed by atoms with E-state index in [4.69, 9.17) is 9.47 Å². The molecule has 2 unspecified atom stereocenters. The van der Waals surface area contributed by atoms with Gasteiger partial charge in [-0.2, -0.15) is 0 Å². The first-order valence-electron chi connectivity index (χ1n) is 7.01. The van der Waals surface area contributed by atoms with Gasteiger partial charge in [-0.15, -0.1) is 11.8 Å². The molecule has 0 fully saturated rings. The van der Waals surface area contributed by atoms with Gasteiger partial charge in [-0.25, -0.2) is 0 Å². The lowest BCUT2D eigenvalue weighted by Crippen LogP contribution is -2.37. The van der Waals surface area contributed by atoms with Gasteiger partial charge in [0.1, 0.15) is 17.6 Å². The summed E-state index contributed by atoms with van der Waals surface area (Å²) in [5.41, 5.74) is 1.21. The molecular weight excluding hydrogens is 282 g/mol. The Labute approximate surface area is 129 Å². The van der Waals surface area contributed by atoms with E-state index in [2.05, 4.69) is 29.6 Å². The highest BCUT2D eigenvalue weighted by atomic mass is 32.2. The summed E-state index contributed by atoms with van der Waals surface area (Å²) in [7, 11) is 3.66. The van der Waals surface area contributed by atoms with Gasteiger partial charge < -0.3 is 14.8 Å². The van der Waals surface area contributed by atoms with Crippen molar-refractivity contribution >= 4 is 11.8 Å². The zero-order valence-corrected chi connectivity index (χ0v) is 13.0. The SMILES string of the molecule is CNC(c1ccc(OC)cc1)C1CSc2ccccc2O1. The second-order valence-corrected chi connectivity index (χ2v) is 6.02. The molecule has 1 aliphatic heterocycles. The number of benzene rings is 2. The third kappa shape index (κ3) is 3.01. The molecule has 0 bridgehead atoms. The number of rotatable bonds is 4. The van der Waals surface area contributed by atoms with Crippen molar-refractivity contribution in [3.8, 4) is 11.5 Å². The van der Waals surface area contributed by atoms with Gasteiger partial charge in [0.15, 0.2) is 0 Å². The van der Waals surface area contributed by atoms with Crippen molar-refractivity contribution in [2.75, 3.05) is 19.9 Å². The van der Waals surface area contributed by atoms with Crippen LogP contribution in [0.5, 0.6) is 11.5 Å². The lowest BCUT2D eigenvalue weighted by atomic mass is 10.0. The van der Waals surface area contributed by atoms with Gasteiger partial charge in [0.25, 0.3) is 0 Å². The lowest BCUT2D eigenvalue weighted by molar-refractivity contribution is 0.171. The Bertz CT molecular complexity index is 600. The number of thioether (sulfide) groups is 1. The maximum atomic E-state index is 6.18. The van der Waals surface area contributed by atoms with E-state index < -0.39 is 0 Å². The fourth-order valence-electron chi connectivity index (χ4n) is 2.58. The lowest BCUT2D eigenvalue weighted by Gasteiger charge is -2.32. The van der Waals surface area contributed by atoms with Crippen LogP contribution in [0.15, 0.2) is 53.4 Å². The van der Waals surface area contributed by atoms with Crippen molar-refractivity contribution in [3.05, 3.63) is 54.1 Å². The van der Waals surface area contributed by atoms with E-state index in [9.17, 15) is 0 Å². The highest BCUT2D eigenvalue weighted by Gasteiger charge is 2.28. The van der Waals surface area contributed by atoms with Crippen LogP contribution in [0.25, 0.3) is 0 Å². The van der Waals surface area contributed by atoms with E-state index in [0.29, 0.717) is 0 Å². The van der Waals surface area contributed by atoms with Crippen molar-refractivity contribution in [2.45, 2.75) is 17.0 Å². The van der Waals surface area contributed by atoms with Crippen LogP contribution in [0.1, 0.15) is 11.6 Å². The number of likely N-dealkylation sites (N-methyl/N-ethyl adjacent to an activating group) is 1. The van der Waals surface area contributed by atoms with Crippen molar-refractivity contribution < 1.29 is 9.47 Å². The molecule has 4 heteroatoms. The standard InChI is InChI=1S/C17H19NO2S/c1-18-17(12-7-9-13(19-2)10-8-12)15-11-21-16-6-4-3-5-14(16)20-15/h3-10,15,17-18H,11H2,1-2H3. The summed E-state index contributed by atoms with van der Waals surface area (Å²) in [5.74, 6) is 2.79. The van der Waals surface area contributed by atoms with E-state index in [0.717, 1.165) is 17.3 Å². The molecule has 0 saturated carbocycles. The number of para-hydroxylation sites is 1. The van der Waals surface area contributed by atoms with Crippen LogP contribution in [0.2, 0.25) is 0 Å². The van der Waals surface area contributed by atoms with Crippen molar-refractivity contribution in [3.63, 3.8) is 0 Å². The molecule has 2 atom stereocenters. The van der Waals surface area contributed by atoms with Crippen LogP contribution >= 0.6 is 11.8 Å². The first kappa shape index (κ1) is 14.3. The van der Waals surface area contributed by atoms with Gasteiger partial charge in [0.05, 0.1) is 13.2 Å². The summed E-state index contributed by atoms with van der Waals surface area (Å²) < 4.78 is 11.4. The Hall–Kier alpha value is -1.65. The summed E-state index contributed by atoms with van der Waals surface area (Å²) >= 11 is 1.85. The Morgan fingerprint density at radius 1 is 1.19 bits per heavy atom. The smallest absolute Gasteiger partial charge is 0.133 e. The van der Waals surface area contributed by atoms with Crippen molar-refractivity contribution in [2.24, 2.45) is 0 Å². The van der Waals surface area contributed by atoms with Gasteiger partial charge in [0, 0.05) is 10.6 Å². The number of fused-ring (bicyclic) bond motifs is 1. The Balaban J connectivity index is 1.80. The summed E-state index contributed by atoms with van der Waals surface area (Å²) in [6.45, 7) is 0. The summed E-state index contributed by atoms with van der Waals surface area (Å²) in [6, 6.07) is 16.5. The highest BCUT2D eigenvalue weighted by Crippen LogP contribution is 2.38. The minimum absolute atomic E-state index is 0.114. The molecule has 0 aliphatic carbocycles. The minimum Gasteiger partial charge on any atom is -0.497 e. The van der Waals surface area contributed by atoms with Crippen LogP contribution in [-0.4, -0.2) is 26.0 Å². The van der Waals surface area contributed by atoms with E-state index >= 15 is 0 Å². The average molecular weight is 301 g/mol. The molecule has 3 nitrogen and oxygen atoms in total. The zero-order valence-electron chi connectivity index (χ0n) is 12.2. The molecule has 0 radical (unpaired) electrons. The Morgan fingerprint density at radius 3 is 2.67 bits per heavy atom. The second-order valence-electron chi connectivity index (χ2n) is 4.95. The molecule has 21 heavy (non-hydrogen) atoms. The van der Waals surface area contributed by atoms with Gasteiger partial charge in [-0.3, -0.25) is 0 Å². The molecule has 2 aromatic rings. The van der Waals surface area contributed by atoms with Crippen LogP contribution in [0, 0.1) is 0 Å². The van der Waals surface area contributed by atoms with Crippen LogP contribution in [0.3, 0.4) is 0 Å². The van der Waals surface area contributed by atoms with Crippen molar-refractivity contribution in [1.29, 1.82) is 0 Å². The number of ether oxygens (including phenoxy) is 2. The van der Waals surface area contributed by atoms with Gasteiger partial charge >= 0.3 is 0 Å². The van der Waals surface area contributed by atoms with E-state index in [1.165, 1.54) is 10.5 Å². The maximum Gasteiger partial charge on any atom is 0.133 e. The number of methoxy groups -OCH3 is 1. The van der Waals surface area contributed by atoms with Crippen LogP contribution in [-0.2, 0) is 0 Å². The topological polar surface area (TPSA) is 30.5 Å². The van der Waals surface area contributed by atoms with Gasteiger partial charge in [0.2, 0.25) is 0 Å². The molecule has 0 spiro atoms. The number of hydrogen-bond acceptors (Lipinski definition) is 4. The molecule has 0 amide bonds.